The van der Waals surface area contributed by atoms with Crippen LogP contribution in [0.5, 0.6) is 0 Å². The number of urea groups is 1. The molecule has 2 rings (SSSR count). The molecule has 0 radical (unpaired) electrons. The zero-order valence-electron chi connectivity index (χ0n) is 11.0. The quantitative estimate of drug-likeness (QED) is 0.853. The second-order valence-electron chi connectivity index (χ2n) is 4.94. The van der Waals surface area contributed by atoms with Crippen LogP contribution in [-0.4, -0.2) is 39.6 Å². The van der Waals surface area contributed by atoms with Crippen LogP contribution in [0.4, 0.5) is 4.79 Å². The number of hydrogen-bond donors (Lipinski definition) is 2. The van der Waals surface area contributed by atoms with E-state index in [1.807, 2.05) is 25.1 Å². The smallest absolute Gasteiger partial charge is 0.329 e. The Labute approximate surface area is 111 Å². The Kier molecular flexibility index (Phi) is 3.42. The fraction of sp³-hybridized carbons (Fsp3) is 0.462. The van der Waals surface area contributed by atoms with Crippen LogP contribution in [0, 0.1) is 6.92 Å². The van der Waals surface area contributed by atoms with Gasteiger partial charge < -0.3 is 15.3 Å². The summed E-state index contributed by atoms with van der Waals surface area (Å²) in [4.78, 5) is 28.7. The van der Waals surface area contributed by atoms with Crippen LogP contribution in [0.2, 0.25) is 0 Å². The number of carboxylic acids is 1. The Morgan fingerprint density at radius 3 is 2.68 bits per heavy atom. The van der Waals surface area contributed by atoms with E-state index in [9.17, 15) is 9.59 Å². The molecule has 0 aliphatic heterocycles. The molecule has 102 valence electrons. The molecule has 1 saturated carbocycles. The number of aryl methyl sites for hydroxylation is 1. The first kappa shape index (κ1) is 13.3. The highest BCUT2D eigenvalue weighted by Crippen LogP contribution is 2.35. The van der Waals surface area contributed by atoms with E-state index in [2.05, 4.69) is 10.3 Å². The van der Waals surface area contributed by atoms with Gasteiger partial charge in [-0.3, -0.25) is 4.98 Å². The van der Waals surface area contributed by atoms with E-state index in [-0.39, 0.29) is 6.03 Å². The van der Waals surface area contributed by atoms with Gasteiger partial charge in [-0.05, 0) is 31.9 Å². The van der Waals surface area contributed by atoms with Gasteiger partial charge in [-0.25, -0.2) is 9.59 Å². The van der Waals surface area contributed by atoms with Crippen LogP contribution in [0.1, 0.15) is 24.2 Å². The molecule has 1 heterocycles. The number of carbonyl (C=O) groups is 2. The summed E-state index contributed by atoms with van der Waals surface area (Å²) in [5.74, 6) is -0.970. The Bertz CT molecular complexity index is 512. The highest BCUT2D eigenvalue weighted by molar-refractivity contribution is 5.88. The van der Waals surface area contributed by atoms with Crippen molar-refractivity contribution in [1.29, 1.82) is 0 Å². The molecule has 0 spiro atoms. The lowest BCUT2D eigenvalue weighted by molar-refractivity contribution is -0.140. The first-order chi connectivity index (χ1) is 8.93. The average molecular weight is 263 g/mol. The summed E-state index contributed by atoms with van der Waals surface area (Å²) in [6.07, 6.45) is 0.981. The topological polar surface area (TPSA) is 82.5 Å². The maximum Gasteiger partial charge on any atom is 0.329 e. The minimum Gasteiger partial charge on any atom is -0.480 e. The van der Waals surface area contributed by atoms with Gasteiger partial charge in [0, 0.05) is 12.7 Å². The molecule has 19 heavy (non-hydrogen) atoms. The maximum absolute atomic E-state index is 11.9. The molecule has 0 aromatic carbocycles. The maximum atomic E-state index is 11.9. The lowest BCUT2D eigenvalue weighted by atomic mass is 10.3. The number of carboxylic acid groups (broad SMARTS) is 1. The van der Waals surface area contributed by atoms with Crippen molar-refractivity contribution in [3.8, 4) is 0 Å². The van der Waals surface area contributed by atoms with Crippen molar-refractivity contribution in [3.63, 3.8) is 0 Å². The van der Waals surface area contributed by atoms with Gasteiger partial charge in [-0.15, -0.1) is 0 Å². The molecular weight excluding hydrogens is 246 g/mol. The van der Waals surface area contributed by atoms with Gasteiger partial charge in [-0.1, -0.05) is 6.07 Å². The lowest BCUT2D eigenvalue weighted by Gasteiger charge is -2.20. The number of nitrogens with zero attached hydrogens (tertiary/aromatic N) is 2. The fourth-order valence-electron chi connectivity index (χ4n) is 1.82. The molecular formula is C13H17N3O3. The number of carbonyl (C=O) groups excluding carboxylic acids is 1. The largest absolute Gasteiger partial charge is 0.480 e. The molecule has 0 unspecified atom stereocenters. The zero-order valence-corrected chi connectivity index (χ0v) is 11.0. The van der Waals surface area contributed by atoms with Crippen molar-refractivity contribution in [1.82, 2.24) is 15.2 Å². The number of rotatable bonds is 4. The normalized spacial score (nSPS) is 15.7. The predicted molar refractivity (Wildman–Crippen MR) is 68.6 cm³/mol. The third-order valence-electron chi connectivity index (χ3n) is 3.20. The molecule has 6 nitrogen and oxygen atoms in total. The van der Waals surface area contributed by atoms with Crippen molar-refractivity contribution in [3.05, 3.63) is 29.6 Å². The highest BCUT2D eigenvalue weighted by atomic mass is 16.4. The molecule has 0 atom stereocenters. The Morgan fingerprint density at radius 1 is 1.47 bits per heavy atom. The van der Waals surface area contributed by atoms with Crippen LogP contribution >= 0.6 is 0 Å². The summed E-state index contributed by atoms with van der Waals surface area (Å²) in [6, 6.07) is 5.21. The molecule has 1 fully saturated rings. The number of aromatic nitrogens is 1. The summed E-state index contributed by atoms with van der Waals surface area (Å²) in [6.45, 7) is 2.23. The SMILES string of the molecule is Cc1cccc(CN(C)C(=O)NC2(C(=O)O)CC2)n1. The summed E-state index contributed by atoms with van der Waals surface area (Å²) < 4.78 is 0. The summed E-state index contributed by atoms with van der Waals surface area (Å²) in [5.41, 5.74) is 0.610. The van der Waals surface area contributed by atoms with Gasteiger partial charge in [0.25, 0.3) is 0 Å². The Hall–Kier alpha value is -2.11. The van der Waals surface area contributed by atoms with Crippen LogP contribution in [-0.2, 0) is 11.3 Å². The van der Waals surface area contributed by atoms with E-state index in [0.29, 0.717) is 19.4 Å². The van der Waals surface area contributed by atoms with Crippen LogP contribution in [0.15, 0.2) is 18.2 Å². The minimum atomic E-state index is -1.05. The van der Waals surface area contributed by atoms with Gasteiger partial charge in [0.1, 0.15) is 5.54 Å². The van der Waals surface area contributed by atoms with Crippen molar-refractivity contribution < 1.29 is 14.7 Å². The van der Waals surface area contributed by atoms with Gasteiger partial charge in [-0.2, -0.15) is 0 Å². The monoisotopic (exact) mass is 263 g/mol. The lowest BCUT2D eigenvalue weighted by Crippen LogP contribution is -2.48. The number of amides is 2. The van der Waals surface area contributed by atoms with Crippen LogP contribution in [0.3, 0.4) is 0 Å². The molecule has 1 aromatic heterocycles. The first-order valence-corrected chi connectivity index (χ1v) is 6.12. The van der Waals surface area contributed by atoms with E-state index in [1.165, 1.54) is 4.90 Å². The molecule has 1 aromatic rings. The summed E-state index contributed by atoms with van der Waals surface area (Å²) >= 11 is 0. The second kappa shape index (κ2) is 4.87. The molecule has 6 heteroatoms. The summed E-state index contributed by atoms with van der Waals surface area (Å²) in [5, 5.41) is 11.6. The molecule has 1 aliphatic rings. The van der Waals surface area contributed by atoms with E-state index in [0.717, 1.165) is 11.4 Å². The molecule has 2 amide bonds. The van der Waals surface area contributed by atoms with E-state index >= 15 is 0 Å². The van der Waals surface area contributed by atoms with Gasteiger partial charge in [0.2, 0.25) is 0 Å². The van der Waals surface area contributed by atoms with Gasteiger partial charge >= 0.3 is 12.0 Å². The zero-order chi connectivity index (χ0) is 14.0. The van der Waals surface area contributed by atoms with E-state index in [1.54, 1.807) is 7.05 Å². The van der Waals surface area contributed by atoms with Crippen LogP contribution in [0.25, 0.3) is 0 Å². The minimum absolute atomic E-state index is 0.350. The van der Waals surface area contributed by atoms with Crippen molar-refractivity contribution in [2.75, 3.05) is 7.05 Å². The third-order valence-corrected chi connectivity index (χ3v) is 3.20. The van der Waals surface area contributed by atoms with Crippen molar-refractivity contribution in [2.24, 2.45) is 0 Å². The van der Waals surface area contributed by atoms with Gasteiger partial charge in [0.05, 0.1) is 12.2 Å². The van der Waals surface area contributed by atoms with Crippen molar-refractivity contribution >= 4 is 12.0 Å². The van der Waals surface area contributed by atoms with E-state index in [4.69, 9.17) is 5.11 Å². The molecule has 0 saturated heterocycles. The predicted octanol–water partition coefficient (Wildman–Crippen LogP) is 1.15. The third kappa shape index (κ3) is 3.01. The number of aliphatic carboxylic acids is 1. The second-order valence-corrected chi connectivity index (χ2v) is 4.94. The highest BCUT2D eigenvalue weighted by Gasteiger charge is 2.52. The number of nitrogens with one attached hydrogen (secondary N) is 1. The standard InChI is InChI=1S/C13H17N3O3/c1-9-4-3-5-10(14-9)8-16(2)12(19)15-13(6-7-13)11(17)18/h3-5H,6-8H2,1-2H3,(H,15,19)(H,17,18). The van der Waals surface area contributed by atoms with E-state index < -0.39 is 11.5 Å². The molecule has 2 N–H and O–H groups in total. The number of pyridine rings is 1. The average Bonchev–Trinajstić information content (AvgIpc) is 3.10. The van der Waals surface area contributed by atoms with Crippen molar-refractivity contribution in [2.45, 2.75) is 31.8 Å². The first-order valence-electron chi connectivity index (χ1n) is 6.12. The molecule has 1 aliphatic carbocycles. The van der Waals surface area contributed by atoms with Crippen LogP contribution < -0.4 is 5.32 Å². The van der Waals surface area contributed by atoms with Gasteiger partial charge in [0.15, 0.2) is 0 Å². The Morgan fingerprint density at radius 2 is 2.16 bits per heavy atom. The Balaban J connectivity index is 1.95. The molecule has 0 bridgehead atoms. The fourth-order valence-corrected chi connectivity index (χ4v) is 1.82. The summed E-state index contributed by atoms with van der Waals surface area (Å²) in [7, 11) is 1.62. The number of hydrogen-bond acceptors (Lipinski definition) is 3.